The molecule has 0 spiro atoms. The molecule has 1 fully saturated rings. The third-order valence-electron chi connectivity index (χ3n) is 3.54. The quantitative estimate of drug-likeness (QED) is 0.795. The maximum atomic E-state index is 12.0. The molecule has 0 radical (unpaired) electrons. The smallest absolute Gasteiger partial charge is 0.251 e. The van der Waals surface area contributed by atoms with Crippen molar-refractivity contribution in [3.63, 3.8) is 0 Å². The molecule has 0 bridgehead atoms. The molecule has 5 nitrogen and oxygen atoms in total. The summed E-state index contributed by atoms with van der Waals surface area (Å²) in [7, 11) is 3.09. The standard InChI is InChI=1S/C15H21NO4/c1-19-13-6-5-11(9-14(13)20-2)15(18)16-8-7-12(17)10-3-4-10/h5-6,9-10,12,17H,3-4,7-8H2,1-2H3,(H,16,18). The van der Waals surface area contributed by atoms with Crippen LogP contribution in [0.15, 0.2) is 18.2 Å². The van der Waals surface area contributed by atoms with Crippen LogP contribution < -0.4 is 14.8 Å². The van der Waals surface area contributed by atoms with Gasteiger partial charge < -0.3 is 19.9 Å². The van der Waals surface area contributed by atoms with E-state index in [0.29, 0.717) is 35.9 Å². The highest BCUT2D eigenvalue weighted by atomic mass is 16.5. The normalized spacial score (nSPS) is 15.6. The molecule has 0 saturated heterocycles. The average molecular weight is 279 g/mol. The Morgan fingerprint density at radius 1 is 1.35 bits per heavy atom. The summed E-state index contributed by atoms with van der Waals surface area (Å²) in [6.45, 7) is 0.477. The Kier molecular flexibility index (Phi) is 4.84. The Morgan fingerprint density at radius 2 is 2.05 bits per heavy atom. The first kappa shape index (κ1) is 14.7. The van der Waals surface area contributed by atoms with E-state index in [1.165, 1.54) is 7.11 Å². The van der Waals surface area contributed by atoms with E-state index in [9.17, 15) is 9.90 Å². The topological polar surface area (TPSA) is 67.8 Å². The summed E-state index contributed by atoms with van der Waals surface area (Å²) < 4.78 is 10.3. The minimum atomic E-state index is -0.291. The molecule has 1 amide bonds. The molecule has 20 heavy (non-hydrogen) atoms. The number of aliphatic hydroxyl groups excluding tert-OH is 1. The van der Waals surface area contributed by atoms with Crippen LogP contribution in [0.5, 0.6) is 11.5 Å². The summed E-state index contributed by atoms with van der Waals surface area (Å²) in [5.41, 5.74) is 0.517. The minimum Gasteiger partial charge on any atom is -0.493 e. The Hall–Kier alpha value is -1.75. The van der Waals surface area contributed by atoms with Crippen molar-refractivity contribution in [2.24, 2.45) is 5.92 Å². The lowest BCUT2D eigenvalue weighted by molar-refractivity contribution is 0.0936. The Labute approximate surface area is 118 Å². The van der Waals surface area contributed by atoms with Crippen LogP contribution in [-0.2, 0) is 0 Å². The van der Waals surface area contributed by atoms with Gasteiger partial charge >= 0.3 is 0 Å². The van der Waals surface area contributed by atoms with E-state index in [0.717, 1.165) is 12.8 Å². The second-order valence-electron chi connectivity index (χ2n) is 5.02. The highest BCUT2D eigenvalue weighted by molar-refractivity contribution is 5.94. The van der Waals surface area contributed by atoms with Gasteiger partial charge in [-0.1, -0.05) is 0 Å². The summed E-state index contributed by atoms with van der Waals surface area (Å²) in [5.74, 6) is 1.38. The van der Waals surface area contributed by atoms with Crippen molar-refractivity contribution in [2.45, 2.75) is 25.4 Å². The van der Waals surface area contributed by atoms with Gasteiger partial charge in [-0.05, 0) is 43.4 Å². The fourth-order valence-electron chi connectivity index (χ4n) is 2.13. The third-order valence-corrected chi connectivity index (χ3v) is 3.54. The van der Waals surface area contributed by atoms with Crippen LogP contribution in [0.1, 0.15) is 29.6 Å². The first-order valence-electron chi connectivity index (χ1n) is 6.84. The predicted octanol–water partition coefficient (Wildman–Crippen LogP) is 1.59. The molecule has 5 heteroatoms. The molecule has 0 aliphatic heterocycles. The molecule has 1 aromatic carbocycles. The number of hydrogen-bond acceptors (Lipinski definition) is 4. The summed E-state index contributed by atoms with van der Waals surface area (Å²) >= 11 is 0. The van der Waals surface area contributed by atoms with Crippen molar-refractivity contribution in [3.05, 3.63) is 23.8 Å². The van der Waals surface area contributed by atoms with Gasteiger partial charge in [0.05, 0.1) is 20.3 Å². The van der Waals surface area contributed by atoms with E-state index in [4.69, 9.17) is 9.47 Å². The number of rotatable bonds is 7. The van der Waals surface area contributed by atoms with Crippen LogP contribution in [0.25, 0.3) is 0 Å². The summed E-state index contributed by atoms with van der Waals surface area (Å²) in [6.07, 6.45) is 2.51. The molecule has 2 N–H and O–H groups in total. The zero-order valence-corrected chi connectivity index (χ0v) is 11.9. The van der Waals surface area contributed by atoms with E-state index in [1.54, 1.807) is 25.3 Å². The summed E-state index contributed by atoms with van der Waals surface area (Å²) in [4.78, 5) is 12.0. The fourth-order valence-corrected chi connectivity index (χ4v) is 2.13. The van der Waals surface area contributed by atoms with Gasteiger partial charge in [0.15, 0.2) is 11.5 Å². The van der Waals surface area contributed by atoms with Crippen molar-refractivity contribution in [1.82, 2.24) is 5.32 Å². The number of carbonyl (C=O) groups is 1. The largest absolute Gasteiger partial charge is 0.493 e. The van der Waals surface area contributed by atoms with Crippen molar-refractivity contribution < 1.29 is 19.4 Å². The molecule has 1 aromatic rings. The van der Waals surface area contributed by atoms with Crippen LogP contribution in [0.2, 0.25) is 0 Å². The lowest BCUT2D eigenvalue weighted by atomic mass is 10.1. The third kappa shape index (κ3) is 3.63. The monoisotopic (exact) mass is 279 g/mol. The predicted molar refractivity (Wildman–Crippen MR) is 75.2 cm³/mol. The first-order valence-corrected chi connectivity index (χ1v) is 6.84. The van der Waals surface area contributed by atoms with Gasteiger partial charge in [0.1, 0.15) is 0 Å². The zero-order valence-electron chi connectivity index (χ0n) is 11.9. The van der Waals surface area contributed by atoms with E-state index < -0.39 is 0 Å². The van der Waals surface area contributed by atoms with Gasteiger partial charge in [0.2, 0.25) is 0 Å². The first-order chi connectivity index (χ1) is 9.65. The zero-order chi connectivity index (χ0) is 14.5. The van der Waals surface area contributed by atoms with Crippen molar-refractivity contribution >= 4 is 5.91 Å². The van der Waals surface area contributed by atoms with Gasteiger partial charge in [0.25, 0.3) is 5.91 Å². The molecule has 1 aliphatic rings. The van der Waals surface area contributed by atoms with Gasteiger partial charge in [-0.2, -0.15) is 0 Å². The Bertz CT molecular complexity index is 471. The molecule has 1 atom stereocenters. The van der Waals surface area contributed by atoms with Crippen LogP contribution in [0.3, 0.4) is 0 Å². The van der Waals surface area contributed by atoms with Gasteiger partial charge in [-0.25, -0.2) is 0 Å². The van der Waals surface area contributed by atoms with Crippen LogP contribution in [0.4, 0.5) is 0 Å². The van der Waals surface area contributed by atoms with Gasteiger partial charge in [-0.3, -0.25) is 4.79 Å². The maximum Gasteiger partial charge on any atom is 0.251 e. The molecule has 1 saturated carbocycles. The number of hydrogen-bond donors (Lipinski definition) is 2. The lowest BCUT2D eigenvalue weighted by Gasteiger charge is -2.11. The summed E-state index contributed by atoms with van der Waals surface area (Å²) in [5, 5.41) is 12.5. The molecular formula is C15H21NO4. The second-order valence-corrected chi connectivity index (χ2v) is 5.02. The van der Waals surface area contributed by atoms with Crippen LogP contribution in [-0.4, -0.2) is 37.9 Å². The molecule has 0 aromatic heterocycles. The van der Waals surface area contributed by atoms with Crippen molar-refractivity contribution in [1.29, 1.82) is 0 Å². The SMILES string of the molecule is COc1ccc(C(=O)NCCC(O)C2CC2)cc1OC. The fraction of sp³-hybridized carbons (Fsp3) is 0.533. The second kappa shape index (κ2) is 6.61. The molecular weight excluding hydrogens is 258 g/mol. The van der Waals surface area contributed by atoms with E-state index >= 15 is 0 Å². The number of carbonyl (C=O) groups excluding carboxylic acids is 1. The van der Waals surface area contributed by atoms with E-state index in [1.807, 2.05) is 0 Å². The average Bonchev–Trinajstić information content (AvgIpc) is 3.30. The lowest BCUT2D eigenvalue weighted by Crippen LogP contribution is -2.27. The number of nitrogens with one attached hydrogen (secondary N) is 1. The van der Waals surface area contributed by atoms with E-state index in [2.05, 4.69) is 5.32 Å². The van der Waals surface area contributed by atoms with Crippen molar-refractivity contribution in [3.8, 4) is 11.5 Å². The Balaban J connectivity index is 1.88. The Morgan fingerprint density at radius 3 is 2.65 bits per heavy atom. The molecule has 1 unspecified atom stereocenters. The van der Waals surface area contributed by atoms with Gasteiger partial charge in [0, 0.05) is 12.1 Å². The number of aliphatic hydroxyl groups is 1. The van der Waals surface area contributed by atoms with E-state index in [-0.39, 0.29) is 12.0 Å². The van der Waals surface area contributed by atoms with Gasteiger partial charge in [-0.15, -0.1) is 0 Å². The summed E-state index contributed by atoms with van der Waals surface area (Å²) in [6, 6.07) is 5.03. The molecule has 2 rings (SSSR count). The van der Waals surface area contributed by atoms with Crippen LogP contribution in [0, 0.1) is 5.92 Å². The number of methoxy groups -OCH3 is 2. The molecule has 1 aliphatic carbocycles. The highest BCUT2D eigenvalue weighted by Gasteiger charge is 2.29. The van der Waals surface area contributed by atoms with Crippen LogP contribution >= 0.6 is 0 Å². The highest BCUT2D eigenvalue weighted by Crippen LogP contribution is 2.33. The maximum absolute atomic E-state index is 12.0. The molecule has 110 valence electrons. The number of benzene rings is 1. The molecule has 0 heterocycles. The number of ether oxygens (including phenoxy) is 2. The van der Waals surface area contributed by atoms with Crippen molar-refractivity contribution in [2.75, 3.05) is 20.8 Å². The number of amides is 1. The minimum absolute atomic E-state index is 0.172.